The van der Waals surface area contributed by atoms with Gasteiger partial charge in [0.1, 0.15) is 11.6 Å². The van der Waals surface area contributed by atoms with Gasteiger partial charge in [-0.25, -0.2) is 0 Å². The van der Waals surface area contributed by atoms with Gasteiger partial charge in [-0.2, -0.15) is 0 Å². The highest BCUT2D eigenvalue weighted by Crippen LogP contribution is 2.20. The molecule has 1 fully saturated rings. The molecule has 3 N–H and O–H groups in total. The van der Waals surface area contributed by atoms with Gasteiger partial charge in [0.2, 0.25) is 0 Å². The minimum Gasteiger partial charge on any atom is -0.497 e. The predicted octanol–water partition coefficient (Wildman–Crippen LogP) is 1.65. The van der Waals surface area contributed by atoms with Crippen LogP contribution in [0.25, 0.3) is 0 Å². The fraction of sp³-hybridized carbons (Fsp3) is 0.500. The number of piperidine rings is 1. The van der Waals surface area contributed by atoms with Crippen molar-refractivity contribution in [2.24, 2.45) is 16.8 Å². The number of rotatable bonds is 4. The Balaban J connectivity index is 1.98. The van der Waals surface area contributed by atoms with Gasteiger partial charge in [0.05, 0.1) is 7.11 Å². The number of likely N-dealkylation sites (tertiary alicyclic amines) is 1. The van der Waals surface area contributed by atoms with E-state index >= 15 is 0 Å². The SMILES string of the molecule is COc1cccc(CN2CCCC(C(N)=NO)C2)c1. The zero-order valence-electron chi connectivity index (χ0n) is 11.2. The third-order valence-electron chi connectivity index (χ3n) is 3.58. The van der Waals surface area contributed by atoms with E-state index in [4.69, 9.17) is 15.7 Å². The van der Waals surface area contributed by atoms with Crippen molar-refractivity contribution >= 4 is 5.84 Å². The molecule has 1 aromatic carbocycles. The van der Waals surface area contributed by atoms with Crippen LogP contribution in [-0.4, -0.2) is 36.1 Å². The van der Waals surface area contributed by atoms with Crippen LogP contribution in [0, 0.1) is 5.92 Å². The number of oxime groups is 1. The predicted molar refractivity (Wildman–Crippen MR) is 74.4 cm³/mol. The molecule has 104 valence electrons. The molecule has 0 aliphatic carbocycles. The first-order chi connectivity index (χ1) is 9.22. The molecule has 1 aromatic rings. The Morgan fingerprint density at radius 1 is 1.58 bits per heavy atom. The second kappa shape index (κ2) is 6.43. The topological polar surface area (TPSA) is 71.1 Å². The Morgan fingerprint density at radius 3 is 3.16 bits per heavy atom. The molecule has 1 unspecified atom stereocenters. The summed E-state index contributed by atoms with van der Waals surface area (Å²) in [6.07, 6.45) is 2.06. The highest BCUT2D eigenvalue weighted by molar-refractivity contribution is 5.82. The van der Waals surface area contributed by atoms with Gasteiger partial charge >= 0.3 is 0 Å². The summed E-state index contributed by atoms with van der Waals surface area (Å²) in [5.41, 5.74) is 6.92. The zero-order valence-corrected chi connectivity index (χ0v) is 11.2. The van der Waals surface area contributed by atoms with Crippen LogP contribution in [0.3, 0.4) is 0 Å². The summed E-state index contributed by atoms with van der Waals surface area (Å²) >= 11 is 0. The van der Waals surface area contributed by atoms with E-state index in [9.17, 15) is 0 Å². The average molecular weight is 263 g/mol. The van der Waals surface area contributed by atoms with Crippen LogP contribution in [-0.2, 0) is 6.54 Å². The molecule has 1 aliphatic heterocycles. The van der Waals surface area contributed by atoms with Gasteiger partial charge < -0.3 is 15.7 Å². The number of ether oxygens (including phenoxy) is 1. The molecule has 0 amide bonds. The van der Waals surface area contributed by atoms with E-state index in [1.165, 1.54) is 5.56 Å². The van der Waals surface area contributed by atoms with Gasteiger partial charge in [-0.1, -0.05) is 17.3 Å². The fourth-order valence-corrected chi connectivity index (χ4v) is 2.55. The number of hydrogen-bond donors (Lipinski definition) is 2. The lowest BCUT2D eigenvalue weighted by Crippen LogP contribution is -2.40. The number of nitrogens with zero attached hydrogens (tertiary/aromatic N) is 2. The maximum absolute atomic E-state index is 8.76. The number of methoxy groups -OCH3 is 1. The summed E-state index contributed by atoms with van der Waals surface area (Å²) < 4.78 is 5.23. The number of benzene rings is 1. The van der Waals surface area contributed by atoms with Gasteiger partial charge in [0, 0.05) is 19.0 Å². The van der Waals surface area contributed by atoms with Crippen LogP contribution in [0.1, 0.15) is 18.4 Å². The summed E-state index contributed by atoms with van der Waals surface area (Å²) in [4.78, 5) is 2.33. The van der Waals surface area contributed by atoms with Gasteiger partial charge in [-0.3, -0.25) is 4.90 Å². The van der Waals surface area contributed by atoms with Crippen molar-refractivity contribution in [3.63, 3.8) is 0 Å². The quantitative estimate of drug-likeness (QED) is 0.375. The molecule has 0 aromatic heterocycles. The summed E-state index contributed by atoms with van der Waals surface area (Å²) in [7, 11) is 1.68. The Hall–Kier alpha value is -1.75. The highest BCUT2D eigenvalue weighted by Gasteiger charge is 2.23. The molecule has 1 atom stereocenters. The van der Waals surface area contributed by atoms with E-state index in [0.29, 0.717) is 5.84 Å². The lowest BCUT2D eigenvalue weighted by atomic mass is 9.96. The second-order valence-electron chi connectivity index (χ2n) is 4.95. The standard InChI is InChI=1S/C14H21N3O2/c1-19-13-6-2-4-11(8-13)9-17-7-3-5-12(10-17)14(15)16-18/h2,4,6,8,12,18H,3,5,7,9-10H2,1H3,(H2,15,16). The van der Waals surface area contributed by atoms with Crippen LogP contribution < -0.4 is 10.5 Å². The minimum atomic E-state index is 0.157. The van der Waals surface area contributed by atoms with Crippen molar-refractivity contribution in [2.45, 2.75) is 19.4 Å². The molecule has 0 saturated carbocycles. The minimum absolute atomic E-state index is 0.157. The molecule has 1 saturated heterocycles. The Kier molecular flexibility index (Phi) is 4.63. The molecule has 19 heavy (non-hydrogen) atoms. The molecular weight excluding hydrogens is 242 g/mol. The Labute approximate surface area is 113 Å². The summed E-state index contributed by atoms with van der Waals surface area (Å²) in [5.74, 6) is 1.38. The van der Waals surface area contributed by atoms with Crippen LogP contribution in [0.2, 0.25) is 0 Å². The third-order valence-corrected chi connectivity index (χ3v) is 3.58. The van der Waals surface area contributed by atoms with Gasteiger partial charge in [-0.05, 0) is 37.1 Å². The molecule has 5 nitrogen and oxygen atoms in total. The molecule has 1 aliphatic rings. The van der Waals surface area contributed by atoms with Gasteiger partial charge in [0.25, 0.3) is 0 Å². The van der Waals surface area contributed by atoms with Crippen molar-refractivity contribution in [3.05, 3.63) is 29.8 Å². The first-order valence-corrected chi connectivity index (χ1v) is 6.55. The number of hydrogen-bond acceptors (Lipinski definition) is 4. The Bertz CT molecular complexity index is 448. The molecule has 1 heterocycles. The van der Waals surface area contributed by atoms with Gasteiger partial charge in [0.15, 0.2) is 0 Å². The monoisotopic (exact) mass is 263 g/mol. The van der Waals surface area contributed by atoms with E-state index in [1.807, 2.05) is 18.2 Å². The van der Waals surface area contributed by atoms with E-state index in [-0.39, 0.29) is 5.92 Å². The number of amidine groups is 1. The van der Waals surface area contributed by atoms with E-state index < -0.39 is 0 Å². The largest absolute Gasteiger partial charge is 0.497 e. The molecule has 0 bridgehead atoms. The van der Waals surface area contributed by atoms with Crippen molar-refractivity contribution in [1.82, 2.24) is 4.90 Å². The third kappa shape index (κ3) is 3.61. The van der Waals surface area contributed by atoms with Crippen LogP contribution in [0.5, 0.6) is 5.75 Å². The van der Waals surface area contributed by atoms with Gasteiger partial charge in [-0.15, -0.1) is 0 Å². The van der Waals surface area contributed by atoms with Crippen LogP contribution in [0.15, 0.2) is 29.4 Å². The Morgan fingerprint density at radius 2 is 2.42 bits per heavy atom. The zero-order chi connectivity index (χ0) is 13.7. The van der Waals surface area contributed by atoms with Crippen molar-refractivity contribution < 1.29 is 9.94 Å². The molecule has 2 rings (SSSR count). The summed E-state index contributed by atoms with van der Waals surface area (Å²) in [6, 6.07) is 8.08. The lowest BCUT2D eigenvalue weighted by Gasteiger charge is -2.32. The highest BCUT2D eigenvalue weighted by atomic mass is 16.5. The molecular formula is C14H21N3O2. The molecule has 5 heteroatoms. The normalized spacial score (nSPS) is 21.3. The molecule has 0 spiro atoms. The van der Waals surface area contributed by atoms with Crippen molar-refractivity contribution in [2.75, 3.05) is 20.2 Å². The first kappa shape index (κ1) is 13.7. The number of nitrogens with two attached hydrogens (primary N) is 1. The first-order valence-electron chi connectivity index (χ1n) is 6.55. The maximum Gasteiger partial charge on any atom is 0.143 e. The average Bonchev–Trinajstić information content (AvgIpc) is 2.47. The van der Waals surface area contributed by atoms with Crippen molar-refractivity contribution in [3.8, 4) is 5.75 Å². The summed E-state index contributed by atoms with van der Waals surface area (Å²) in [5, 5.41) is 11.9. The maximum atomic E-state index is 8.76. The smallest absolute Gasteiger partial charge is 0.143 e. The van der Waals surface area contributed by atoms with E-state index in [1.54, 1.807) is 7.11 Å². The van der Waals surface area contributed by atoms with E-state index in [2.05, 4.69) is 16.1 Å². The van der Waals surface area contributed by atoms with Crippen LogP contribution in [0.4, 0.5) is 0 Å². The van der Waals surface area contributed by atoms with Crippen molar-refractivity contribution in [1.29, 1.82) is 0 Å². The second-order valence-corrected chi connectivity index (χ2v) is 4.95. The van der Waals surface area contributed by atoms with Crippen LogP contribution >= 0.6 is 0 Å². The molecule has 0 radical (unpaired) electrons. The summed E-state index contributed by atoms with van der Waals surface area (Å²) in [6.45, 7) is 2.76. The lowest BCUT2D eigenvalue weighted by molar-refractivity contribution is 0.192. The fourth-order valence-electron chi connectivity index (χ4n) is 2.55. The van der Waals surface area contributed by atoms with E-state index in [0.717, 1.165) is 38.2 Å².